The van der Waals surface area contributed by atoms with Gasteiger partial charge in [0.2, 0.25) is 0 Å². The molecular formula is C25H21N3O5S. The van der Waals surface area contributed by atoms with E-state index in [4.69, 9.17) is 21.7 Å². The summed E-state index contributed by atoms with van der Waals surface area (Å²) in [7, 11) is 1.53. The van der Waals surface area contributed by atoms with Crippen LogP contribution in [-0.2, 0) is 11.4 Å². The molecule has 1 N–H and O–H groups in total. The SMILES string of the molecule is COc1cc(/C=C2/NC(=S)N(c3cccc(C)c3)C2=O)ccc1OCc1ccc([N+](=O)[O-])cc1. The first-order valence-electron chi connectivity index (χ1n) is 10.3. The van der Waals surface area contributed by atoms with Crippen molar-refractivity contribution in [2.75, 3.05) is 12.0 Å². The molecule has 0 unspecified atom stereocenters. The number of hydrogen-bond donors (Lipinski definition) is 1. The van der Waals surface area contributed by atoms with Crippen LogP contribution in [0.25, 0.3) is 6.08 Å². The highest BCUT2D eigenvalue weighted by atomic mass is 32.1. The monoisotopic (exact) mass is 475 g/mol. The molecule has 0 aromatic heterocycles. The smallest absolute Gasteiger partial charge is 0.281 e. The molecule has 0 atom stereocenters. The normalized spacial score (nSPS) is 14.3. The summed E-state index contributed by atoms with van der Waals surface area (Å²) < 4.78 is 11.3. The number of benzene rings is 3. The Morgan fingerprint density at radius 1 is 1.09 bits per heavy atom. The van der Waals surface area contributed by atoms with Crippen molar-refractivity contribution in [2.45, 2.75) is 13.5 Å². The van der Waals surface area contributed by atoms with E-state index in [2.05, 4.69) is 5.32 Å². The first-order chi connectivity index (χ1) is 16.4. The Labute approximate surface area is 201 Å². The van der Waals surface area contributed by atoms with E-state index in [-0.39, 0.29) is 18.2 Å². The average Bonchev–Trinajstić information content (AvgIpc) is 3.10. The molecule has 8 nitrogen and oxygen atoms in total. The zero-order chi connectivity index (χ0) is 24.2. The van der Waals surface area contributed by atoms with Crippen LogP contribution in [0.1, 0.15) is 16.7 Å². The summed E-state index contributed by atoms with van der Waals surface area (Å²) in [6.45, 7) is 2.17. The molecule has 4 rings (SSSR count). The predicted molar refractivity (Wildman–Crippen MR) is 133 cm³/mol. The Bertz CT molecular complexity index is 1300. The molecule has 172 valence electrons. The molecule has 3 aromatic carbocycles. The van der Waals surface area contributed by atoms with Crippen LogP contribution in [0, 0.1) is 17.0 Å². The van der Waals surface area contributed by atoms with E-state index < -0.39 is 4.92 Å². The average molecular weight is 476 g/mol. The lowest BCUT2D eigenvalue weighted by Gasteiger charge is -2.14. The minimum absolute atomic E-state index is 0.0224. The number of nitro benzene ring substituents is 1. The minimum Gasteiger partial charge on any atom is -0.493 e. The Morgan fingerprint density at radius 2 is 1.85 bits per heavy atom. The van der Waals surface area contributed by atoms with Crippen LogP contribution in [0.15, 0.2) is 72.4 Å². The number of nitrogens with one attached hydrogen (secondary N) is 1. The Morgan fingerprint density at radius 3 is 2.53 bits per heavy atom. The third-order valence-corrected chi connectivity index (χ3v) is 5.46. The summed E-state index contributed by atoms with van der Waals surface area (Å²) in [5.74, 6) is 0.749. The number of anilines is 1. The number of rotatable bonds is 7. The van der Waals surface area contributed by atoms with E-state index in [9.17, 15) is 14.9 Å². The Balaban J connectivity index is 1.50. The van der Waals surface area contributed by atoms with Crippen molar-refractivity contribution in [3.05, 3.63) is 99.2 Å². The van der Waals surface area contributed by atoms with E-state index in [0.717, 1.165) is 16.7 Å². The molecule has 0 bridgehead atoms. The fraction of sp³-hybridized carbons (Fsp3) is 0.120. The number of carbonyl (C=O) groups excluding carboxylic acids is 1. The standard InChI is InChI=1S/C25H21N3O5S/c1-16-4-3-5-20(12-16)27-24(29)21(26-25(27)34)13-18-8-11-22(23(14-18)32-2)33-15-17-6-9-19(10-7-17)28(30)31/h3-14H,15H2,1-2H3,(H,26,34)/b21-13+. The maximum absolute atomic E-state index is 13.0. The van der Waals surface area contributed by atoms with Gasteiger partial charge in [-0.25, -0.2) is 0 Å². The van der Waals surface area contributed by atoms with Crippen LogP contribution < -0.4 is 19.7 Å². The van der Waals surface area contributed by atoms with Crippen molar-refractivity contribution in [3.8, 4) is 11.5 Å². The molecule has 3 aromatic rings. The van der Waals surface area contributed by atoms with Crippen molar-refractivity contribution in [2.24, 2.45) is 0 Å². The molecule has 0 aliphatic carbocycles. The quantitative estimate of drug-likeness (QED) is 0.228. The van der Waals surface area contributed by atoms with E-state index in [1.807, 2.05) is 31.2 Å². The Hall–Kier alpha value is -4.24. The highest BCUT2D eigenvalue weighted by molar-refractivity contribution is 7.80. The van der Waals surface area contributed by atoms with Gasteiger partial charge in [-0.05, 0) is 78.3 Å². The molecule has 0 radical (unpaired) electrons. The largest absolute Gasteiger partial charge is 0.493 e. The van der Waals surface area contributed by atoms with Gasteiger partial charge in [0.25, 0.3) is 11.6 Å². The topological polar surface area (TPSA) is 93.9 Å². The summed E-state index contributed by atoms with van der Waals surface area (Å²) in [5.41, 5.74) is 3.62. The van der Waals surface area contributed by atoms with Crippen molar-refractivity contribution in [1.82, 2.24) is 5.32 Å². The second-order valence-corrected chi connectivity index (χ2v) is 7.98. The van der Waals surface area contributed by atoms with Gasteiger partial charge in [0, 0.05) is 12.1 Å². The number of carbonyl (C=O) groups is 1. The van der Waals surface area contributed by atoms with Gasteiger partial charge in [-0.3, -0.25) is 19.8 Å². The summed E-state index contributed by atoms with van der Waals surface area (Å²) in [5, 5.41) is 14.1. The van der Waals surface area contributed by atoms with Gasteiger partial charge >= 0.3 is 0 Å². The third kappa shape index (κ3) is 4.89. The van der Waals surface area contributed by atoms with Gasteiger partial charge in [-0.1, -0.05) is 18.2 Å². The zero-order valence-corrected chi connectivity index (χ0v) is 19.3. The molecule has 0 saturated carbocycles. The second kappa shape index (κ2) is 9.72. The lowest BCUT2D eigenvalue weighted by molar-refractivity contribution is -0.384. The number of hydrogen-bond acceptors (Lipinski definition) is 6. The van der Waals surface area contributed by atoms with Gasteiger partial charge in [0.05, 0.1) is 17.7 Å². The predicted octanol–water partition coefficient (Wildman–Crippen LogP) is 4.75. The summed E-state index contributed by atoms with van der Waals surface area (Å²) in [4.78, 5) is 24.8. The van der Waals surface area contributed by atoms with Crippen LogP contribution in [0.2, 0.25) is 0 Å². The highest BCUT2D eigenvalue weighted by Crippen LogP contribution is 2.31. The maximum Gasteiger partial charge on any atom is 0.281 e. The lowest BCUT2D eigenvalue weighted by Crippen LogP contribution is -2.30. The van der Waals surface area contributed by atoms with Crippen LogP contribution in [-0.4, -0.2) is 23.1 Å². The van der Waals surface area contributed by atoms with Crippen LogP contribution in [0.5, 0.6) is 11.5 Å². The van der Waals surface area contributed by atoms with Crippen molar-refractivity contribution in [3.63, 3.8) is 0 Å². The molecule has 34 heavy (non-hydrogen) atoms. The van der Waals surface area contributed by atoms with Crippen LogP contribution >= 0.6 is 12.2 Å². The van der Waals surface area contributed by atoms with E-state index >= 15 is 0 Å². The van der Waals surface area contributed by atoms with Gasteiger partial charge in [-0.15, -0.1) is 0 Å². The number of thiocarbonyl (C=S) groups is 1. The molecule has 1 aliphatic rings. The van der Waals surface area contributed by atoms with Crippen molar-refractivity contribution < 1.29 is 19.2 Å². The fourth-order valence-electron chi connectivity index (χ4n) is 3.47. The number of nitro groups is 1. The lowest BCUT2D eigenvalue weighted by atomic mass is 10.1. The molecular weight excluding hydrogens is 454 g/mol. The Kier molecular flexibility index (Phi) is 6.55. The number of nitrogens with zero attached hydrogens (tertiary/aromatic N) is 2. The van der Waals surface area contributed by atoms with Gasteiger partial charge in [-0.2, -0.15) is 0 Å². The number of methoxy groups -OCH3 is 1. The summed E-state index contributed by atoms with van der Waals surface area (Å²) in [6.07, 6.45) is 1.70. The second-order valence-electron chi connectivity index (χ2n) is 7.59. The number of non-ortho nitro benzene ring substituents is 1. The van der Waals surface area contributed by atoms with E-state index in [1.54, 1.807) is 36.4 Å². The fourth-order valence-corrected chi connectivity index (χ4v) is 3.77. The number of amides is 1. The molecule has 1 saturated heterocycles. The number of ether oxygens (including phenoxy) is 2. The molecule has 1 amide bonds. The van der Waals surface area contributed by atoms with Crippen LogP contribution in [0.4, 0.5) is 11.4 Å². The number of aryl methyl sites for hydroxylation is 1. The van der Waals surface area contributed by atoms with E-state index in [1.165, 1.54) is 24.1 Å². The maximum atomic E-state index is 13.0. The highest BCUT2D eigenvalue weighted by Gasteiger charge is 2.32. The molecule has 1 fully saturated rings. The molecule has 1 heterocycles. The third-order valence-electron chi connectivity index (χ3n) is 5.18. The molecule has 0 spiro atoms. The van der Waals surface area contributed by atoms with Gasteiger partial charge in [0.1, 0.15) is 12.3 Å². The zero-order valence-electron chi connectivity index (χ0n) is 18.5. The van der Waals surface area contributed by atoms with E-state index in [0.29, 0.717) is 28.0 Å². The van der Waals surface area contributed by atoms with Crippen LogP contribution in [0.3, 0.4) is 0 Å². The summed E-state index contributed by atoms with van der Waals surface area (Å²) >= 11 is 5.38. The molecule has 1 aliphatic heterocycles. The minimum atomic E-state index is -0.447. The first-order valence-corrected chi connectivity index (χ1v) is 10.7. The summed E-state index contributed by atoms with van der Waals surface area (Å²) in [6, 6.07) is 19.0. The molecule has 9 heteroatoms. The van der Waals surface area contributed by atoms with Crippen molar-refractivity contribution >= 4 is 40.7 Å². The van der Waals surface area contributed by atoms with Gasteiger partial charge < -0.3 is 14.8 Å². The first kappa shape index (κ1) is 22.9. The van der Waals surface area contributed by atoms with Crippen molar-refractivity contribution in [1.29, 1.82) is 0 Å². The van der Waals surface area contributed by atoms with Gasteiger partial charge in [0.15, 0.2) is 16.6 Å².